The van der Waals surface area contributed by atoms with Crippen LogP contribution in [0.2, 0.25) is 0 Å². The maximum atomic E-state index is 12.2. The van der Waals surface area contributed by atoms with E-state index in [1.54, 1.807) is 17.8 Å². The zero-order valence-electron chi connectivity index (χ0n) is 13.0. The molecule has 1 unspecified atom stereocenters. The summed E-state index contributed by atoms with van der Waals surface area (Å²) >= 11 is 3.10. The number of nitrogens with one attached hydrogen (secondary N) is 2. The van der Waals surface area contributed by atoms with Crippen LogP contribution in [0.4, 0.5) is 0 Å². The number of thioether (sulfide) groups is 1. The van der Waals surface area contributed by atoms with Crippen molar-refractivity contribution >= 4 is 33.1 Å². The first-order valence-electron chi connectivity index (χ1n) is 7.27. The Labute approximate surface area is 137 Å². The van der Waals surface area contributed by atoms with Gasteiger partial charge in [0, 0.05) is 11.4 Å². The van der Waals surface area contributed by atoms with Gasteiger partial charge in [0.1, 0.15) is 4.21 Å². The van der Waals surface area contributed by atoms with Crippen molar-refractivity contribution in [2.24, 2.45) is 5.92 Å². The van der Waals surface area contributed by atoms with E-state index in [1.807, 2.05) is 12.3 Å². The van der Waals surface area contributed by atoms with E-state index in [0.29, 0.717) is 16.7 Å². The van der Waals surface area contributed by atoms with Gasteiger partial charge in [-0.1, -0.05) is 13.8 Å². The first-order valence-corrected chi connectivity index (χ1v) is 11.0. The standard InChI is InChI=1S/C14H26N2O2S3/c1-4-8-15-9-7-13-5-6-14(20-13)21(17,18)16-10-12(2)11-19-3/h5-6,12,15-16H,4,7-11H2,1-3H3. The molecule has 122 valence electrons. The van der Waals surface area contributed by atoms with E-state index in [0.717, 1.165) is 36.6 Å². The summed E-state index contributed by atoms with van der Waals surface area (Å²) in [4.78, 5) is 1.11. The van der Waals surface area contributed by atoms with Gasteiger partial charge >= 0.3 is 0 Å². The summed E-state index contributed by atoms with van der Waals surface area (Å²) in [6.45, 7) is 6.58. The van der Waals surface area contributed by atoms with Gasteiger partial charge < -0.3 is 5.32 Å². The van der Waals surface area contributed by atoms with Crippen molar-refractivity contribution in [3.8, 4) is 0 Å². The number of sulfonamides is 1. The van der Waals surface area contributed by atoms with Crippen molar-refractivity contribution in [2.75, 3.05) is 31.6 Å². The molecule has 0 spiro atoms. The highest BCUT2D eigenvalue weighted by atomic mass is 32.2. The molecule has 0 fully saturated rings. The molecule has 0 aliphatic carbocycles. The molecule has 0 amide bonds. The van der Waals surface area contributed by atoms with Crippen LogP contribution >= 0.6 is 23.1 Å². The van der Waals surface area contributed by atoms with E-state index in [4.69, 9.17) is 0 Å². The molecule has 1 atom stereocenters. The molecular weight excluding hydrogens is 324 g/mol. The molecule has 0 aliphatic heterocycles. The Bertz CT molecular complexity index is 500. The molecule has 4 nitrogen and oxygen atoms in total. The van der Waals surface area contributed by atoms with Gasteiger partial charge in [-0.3, -0.25) is 0 Å². The lowest BCUT2D eigenvalue weighted by Crippen LogP contribution is -2.28. The molecule has 0 aliphatic rings. The van der Waals surface area contributed by atoms with Gasteiger partial charge in [-0.05, 0) is 56.0 Å². The lowest BCUT2D eigenvalue weighted by molar-refractivity contribution is 0.564. The molecule has 1 heterocycles. The maximum Gasteiger partial charge on any atom is 0.250 e. The highest BCUT2D eigenvalue weighted by molar-refractivity contribution is 7.98. The zero-order valence-corrected chi connectivity index (χ0v) is 15.5. The highest BCUT2D eigenvalue weighted by Crippen LogP contribution is 2.22. The van der Waals surface area contributed by atoms with Crippen molar-refractivity contribution in [1.82, 2.24) is 10.0 Å². The second-order valence-corrected chi connectivity index (χ2v) is 9.21. The third kappa shape index (κ3) is 7.15. The van der Waals surface area contributed by atoms with Gasteiger partial charge in [0.15, 0.2) is 0 Å². The number of hydrogen-bond acceptors (Lipinski definition) is 5. The van der Waals surface area contributed by atoms with Crippen LogP contribution in [0, 0.1) is 5.92 Å². The fourth-order valence-corrected chi connectivity index (χ4v) is 5.07. The predicted octanol–water partition coefficient (Wildman–Crippen LogP) is 2.57. The molecule has 1 aromatic rings. The summed E-state index contributed by atoms with van der Waals surface area (Å²) in [5.74, 6) is 1.30. The summed E-state index contributed by atoms with van der Waals surface area (Å²) in [5, 5.41) is 3.32. The zero-order chi connectivity index (χ0) is 15.7. The van der Waals surface area contributed by atoms with Gasteiger partial charge in [-0.15, -0.1) is 11.3 Å². The van der Waals surface area contributed by atoms with Crippen LogP contribution in [0.25, 0.3) is 0 Å². The number of rotatable bonds is 11. The Kier molecular flexibility index (Phi) is 8.89. The van der Waals surface area contributed by atoms with Crippen LogP contribution in [-0.4, -0.2) is 40.1 Å². The minimum Gasteiger partial charge on any atom is -0.316 e. The third-order valence-corrected chi connectivity index (χ3v) is 6.91. The number of thiophene rings is 1. The van der Waals surface area contributed by atoms with Crippen molar-refractivity contribution in [3.63, 3.8) is 0 Å². The van der Waals surface area contributed by atoms with E-state index in [2.05, 4.69) is 23.9 Å². The topological polar surface area (TPSA) is 58.2 Å². The van der Waals surface area contributed by atoms with E-state index in [-0.39, 0.29) is 0 Å². The molecule has 1 aromatic heterocycles. The predicted molar refractivity (Wildman–Crippen MR) is 93.9 cm³/mol. The van der Waals surface area contributed by atoms with E-state index in [9.17, 15) is 8.42 Å². The van der Waals surface area contributed by atoms with Gasteiger partial charge in [-0.2, -0.15) is 11.8 Å². The minimum absolute atomic E-state index is 0.340. The van der Waals surface area contributed by atoms with Crippen LogP contribution in [0.5, 0.6) is 0 Å². The van der Waals surface area contributed by atoms with Crippen LogP contribution < -0.4 is 10.0 Å². The average molecular weight is 351 g/mol. The lowest BCUT2D eigenvalue weighted by atomic mass is 10.2. The van der Waals surface area contributed by atoms with Crippen LogP contribution in [0.3, 0.4) is 0 Å². The van der Waals surface area contributed by atoms with Crippen molar-refractivity contribution in [2.45, 2.75) is 30.9 Å². The number of hydrogen-bond donors (Lipinski definition) is 2. The monoisotopic (exact) mass is 350 g/mol. The summed E-state index contributed by atoms with van der Waals surface area (Å²) in [6.07, 6.45) is 4.02. The third-order valence-electron chi connectivity index (χ3n) is 2.95. The summed E-state index contributed by atoms with van der Waals surface area (Å²) in [7, 11) is -3.35. The van der Waals surface area contributed by atoms with E-state index < -0.39 is 10.0 Å². The fraction of sp³-hybridized carbons (Fsp3) is 0.714. The second-order valence-electron chi connectivity index (χ2n) is 5.13. The molecule has 21 heavy (non-hydrogen) atoms. The van der Waals surface area contributed by atoms with Crippen LogP contribution in [0.1, 0.15) is 25.1 Å². The first-order chi connectivity index (χ1) is 9.99. The Balaban J connectivity index is 2.49. The van der Waals surface area contributed by atoms with Crippen LogP contribution in [0.15, 0.2) is 16.3 Å². The second kappa shape index (κ2) is 9.84. The smallest absolute Gasteiger partial charge is 0.250 e. The lowest BCUT2D eigenvalue weighted by Gasteiger charge is -2.10. The summed E-state index contributed by atoms with van der Waals surface area (Å²) in [5.41, 5.74) is 0. The normalized spacial score (nSPS) is 13.5. The SMILES string of the molecule is CCCNCCc1ccc(S(=O)(=O)NCC(C)CSC)s1. The molecule has 0 aromatic carbocycles. The molecule has 0 bridgehead atoms. The minimum atomic E-state index is -3.35. The van der Waals surface area contributed by atoms with Crippen molar-refractivity contribution in [1.29, 1.82) is 0 Å². The van der Waals surface area contributed by atoms with Crippen LogP contribution in [-0.2, 0) is 16.4 Å². The summed E-state index contributed by atoms with van der Waals surface area (Å²) in [6, 6.07) is 3.62. The molecule has 0 saturated carbocycles. The highest BCUT2D eigenvalue weighted by Gasteiger charge is 2.17. The van der Waals surface area contributed by atoms with Gasteiger partial charge in [0.2, 0.25) is 10.0 Å². The fourth-order valence-electron chi connectivity index (χ4n) is 1.82. The Hall–Kier alpha value is -0.0800. The molecule has 0 saturated heterocycles. The maximum absolute atomic E-state index is 12.2. The van der Waals surface area contributed by atoms with Crippen molar-refractivity contribution < 1.29 is 8.42 Å². The van der Waals surface area contributed by atoms with Gasteiger partial charge in [0.25, 0.3) is 0 Å². The van der Waals surface area contributed by atoms with Crippen molar-refractivity contribution in [3.05, 3.63) is 17.0 Å². The summed E-state index contributed by atoms with van der Waals surface area (Å²) < 4.78 is 27.5. The largest absolute Gasteiger partial charge is 0.316 e. The Morgan fingerprint density at radius 1 is 1.33 bits per heavy atom. The average Bonchev–Trinajstić information content (AvgIpc) is 2.92. The Morgan fingerprint density at radius 2 is 2.10 bits per heavy atom. The van der Waals surface area contributed by atoms with Gasteiger partial charge in [0.05, 0.1) is 0 Å². The molecule has 7 heteroatoms. The first kappa shape index (κ1) is 19.0. The van der Waals surface area contributed by atoms with Gasteiger partial charge in [-0.25, -0.2) is 13.1 Å². The quantitative estimate of drug-likeness (QED) is 0.602. The van der Waals surface area contributed by atoms with E-state index >= 15 is 0 Å². The van der Waals surface area contributed by atoms with E-state index in [1.165, 1.54) is 11.3 Å². The Morgan fingerprint density at radius 3 is 2.76 bits per heavy atom. The molecule has 1 rings (SSSR count). The molecule has 0 radical (unpaired) electrons. The molecule has 2 N–H and O–H groups in total. The molecular formula is C14H26N2O2S3.